The molecule has 1 amide bonds. The number of nitrogens with zero attached hydrogens (tertiary/aromatic N) is 3. The molecule has 0 radical (unpaired) electrons. The van der Waals surface area contributed by atoms with Gasteiger partial charge < -0.3 is 19.6 Å². The molecule has 1 spiro atoms. The lowest BCUT2D eigenvalue weighted by Crippen LogP contribution is -2.57. The Hall–Kier alpha value is -3.00. The summed E-state index contributed by atoms with van der Waals surface area (Å²) in [5.41, 5.74) is 2.93. The van der Waals surface area contributed by atoms with Crippen molar-refractivity contribution in [3.8, 4) is 0 Å². The van der Waals surface area contributed by atoms with Crippen molar-refractivity contribution >= 4 is 22.4 Å². The van der Waals surface area contributed by atoms with Crippen molar-refractivity contribution in [1.29, 1.82) is 0 Å². The van der Waals surface area contributed by atoms with Gasteiger partial charge in [-0.2, -0.15) is 0 Å². The van der Waals surface area contributed by atoms with E-state index in [9.17, 15) is 14.3 Å². The standard InChI is InChI=1S/C30H34FN3O3/c1-2-37-19-25(35)18-33-20-34(24-11-9-23(31)10-12-24)30(29(33)36)13-15-32(16-14-30)27-17-22-7-3-5-21-6-4-8-26(27)28(21)22/h3-12,25,27,35H,2,13-20H2,1H3. The molecule has 0 aromatic heterocycles. The molecule has 2 heterocycles. The van der Waals surface area contributed by atoms with Crippen molar-refractivity contribution < 1.29 is 19.0 Å². The summed E-state index contributed by atoms with van der Waals surface area (Å²) in [6.07, 6.45) is 1.62. The Morgan fingerprint density at radius 2 is 1.81 bits per heavy atom. The summed E-state index contributed by atoms with van der Waals surface area (Å²) in [5.74, 6) is -0.249. The molecule has 37 heavy (non-hydrogen) atoms. The maximum atomic E-state index is 13.9. The number of β-amino-alcohol motifs (C(OH)–C–C–N with tert-alkyl or cyclic N) is 1. The Bertz CT molecular complexity index is 1280. The number of aliphatic hydroxyl groups excluding tert-OH is 1. The normalized spacial score (nSPS) is 21.9. The van der Waals surface area contributed by atoms with Crippen LogP contribution in [0.2, 0.25) is 0 Å². The molecular weight excluding hydrogens is 469 g/mol. The van der Waals surface area contributed by atoms with Gasteiger partial charge in [-0.1, -0.05) is 36.4 Å². The average Bonchev–Trinajstić information content (AvgIpc) is 3.42. The van der Waals surface area contributed by atoms with Crippen molar-refractivity contribution in [2.24, 2.45) is 0 Å². The topological polar surface area (TPSA) is 56.3 Å². The van der Waals surface area contributed by atoms with Crippen LogP contribution in [0.5, 0.6) is 0 Å². The minimum absolute atomic E-state index is 0.0452. The Balaban J connectivity index is 1.25. The maximum Gasteiger partial charge on any atom is 0.250 e. The zero-order valence-corrected chi connectivity index (χ0v) is 21.3. The third kappa shape index (κ3) is 4.19. The van der Waals surface area contributed by atoms with Crippen molar-refractivity contribution in [3.63, 3.8) is 0 Å². The Morgan fingerprint density at radius 1 is 1.08 bits per heavy atom. The van der Waals surface area contributed by atoms with Gasteiger partial charge in [-0.25, -0.2) is 4.39 Å². The molecule has 0 bridgehead atoms. The first-order valence-corrected chi connectivity index (χ1v) is 13.3. The number of carbonyl (C=O) groups is 1. The van der Waals surface area contributed by atoms with Gasteiger partial charge in [0.25, 0.3) is 0 Å². The molecule has 3 aliphatic rings. The number of halogens is 1. The smallest absolute Gasteiger partial charge is 0.250 e. The van der Waals surface area contributed by atoms with E-state index >= 15 is 0 Å². The van der Waals surface area contributed by atoms with Gasteiger partial charge in [0, 0.05) is 31.4 Å². The number of piperidine rings is 1. The van der Waals surface area contributed by atoms with Crippen LogP contribution in [-0.4, -0.2) is 72.0 Å². The Morgan fingerprint density at radius 3 is 2.54 bits per heavy atom. The zero-order valence-electron chi connectivity index (χ0n) is 21.3. The Labute approximate surface area is 217 Å². The zero-order chi connectivity index (χ0) is 25.6. The maximum absolute atomic E-state index is 13.9. The van der Waals surface area contributed by atoms with Crippen molar-refractivity contribution in [2.45, 2.75) is 43.9 Å². The van der Waals surface area contributed by atoms with E-state index in [2.05, 4.69) is 46.2 Å². The van der Waals surface area contributed by atoms with Crippen LogP contribution in [-0.2, 0) is 16.0 Å². The van der Waals surface area contributed by atoms with Crippen molar-refractivity contribution in [1.82, 2.24) is 9.80 Å². The predicted octanol–water partition coefficient (Wildman–Crippen LogP) is 4.11. The summed E-state index contributed by atoms with van der Waals surface area (Å²) < 4.78 is 19.1. The van der Waals surface area contributed by atoms with Crippen LogP contribution in [0.15, 0.2) is 60.7 Å². The Kier molecular flexibility index (Phi) is 6.39. The summed E-state index contributed by atoms with van der Waals surface area (Å²) in [6, 6.07) is 19.9. The van der Waals surface area contributed by atoms with E-state index in [4.69, 9.17) is 4.74 Å². The van der Waals surface area contributed by atoms with Gasteiger partial charge in [-0.3, -0.25) is 9.69 Å². The van der Waals surface area contributed by atoms with Crippen LogP contribution < -0.4 is 4.90 Å². The highest BCUT2D eigenvalue weighted by Crippen LogP contribution is 2.45. The average molecular weight is 504 g/mol. The molecule has 6 rings (SSSR count). The molecule has 2 unspecified atom stereocenters. The van der Waals surface area contributed by atoms with Crippen molar-refractivity contribution in [3.05, 3.63) is 77.6 Å². The largest absolute Gasteiger partial charge is 0.389 e. The lowest BCUT2D eigenvalue weighted by atomic mass is 9.84. The number of hydrogen-bond donors (Lipinski definition) is 1. The highest BCUT2D eigenvalue weighted by atomic mass is 19.1. The molecule has 6 nitrogen and oxygen atoms in total. The van der Waals surface area contributed by atoms with Crippen LogP contribution in [0.3, 0.4) is 0 Å². The second-order valence-electron chi connectivity index (χ2n) is 10.5. The number of amides is 1. The van der Waals surface area contributed by atoms with Crippen LogP contribution in [0.4, 0.5) is 10.1 Å². The number of likely N-dealkylation sites (tertiary alicyclic amines) is 1. The molecule has 3 aromatic rings. The van der Waals surface area contributed by atoms with Gasteiger partial charge in [-0.15, -0.1) is 0 Å². The molecule has 1 aliphatic carbocycles. The summed E-state index contributed by atoms with van der Waals surface area (Å²) in [5, 5.41) is 13.2. The SMILES string of the molecule is CCOCC(O)CN1CN(c2ccc(F)cc2)C2(CCN(C3Cc4cccc5cccc3c45)CC2)C1=O. The predicted molar refractivity (Wildman–Crippen MR) is 142 cm³/mol. The quantitative estimate of drug-likeness (QED) is 0.526. The molecule has 2 fully saturated rings. The minimum Gasteiger partial charge on any atom is -0.389 e. The van der Waals surface area contributed by atoms with Gasteiger partial charge in [0.15, 0.2) is 0 Å². The molecule has 2 aliphatic heterocycles. The van der Waals surface area contributed by atoms with E-state index in [0.717, 1.165) is 25.2 Å². The summed E-state index contributed by atoms with van der Waals surface area (Å²) in [6.45, 7) is 4.80. The number of anilines is 1. The van der Waals surface area contributed by atoms with Crippen LogP contribution >= 0.6 is 0 Å². The lowest BCUT2D eigenvalue weighted by molar-refractivity contribution is -0.135. The summed E-state index contributed by atoms with van der Waals surface area (Å²) in [7, 11) is 0. The fourth-order valence-electron chi connectivity index (χ4n) is 6.66. The fraction of sp³-hybridized carbons (Fsp3) is 0.433. The molecule has 7 heteroatoms. The monoisotopic (exact) mass is 503 g/mol. The van der Waals surface area contributed by atoms with Gasteiger partial charge in [-0.05, 0) is 72.4 Å². The number of carbonyl (C=O) groups excluding carboxylic acids is 1. The number of aliphatic hydroxyl groups is 1. The second-order valence-corrected chi connectivity index (χ2v) is 10.5. The molecular formula is C30H34FN3O3. The van der Waals surface area contributed by atoms with E-state index in [1.54, 1.807) is 17.0 Å². The van der Waals surface area contributed by atoms with Crippen LogP contribution in [0.25, 0.3) is 10.8 Å². The lowest BCUT2D eigenvalue weighted by Gasteiger charge is -2.45. The van der Waals surface area contributed by atoms with Crippen LogP contribution in [0, 0.1) is 5.82 Å². The van der Waals surface area contributed by atoms with E-state index < -0.39 is 11.6 Å². The van der Waals surface area contributed by atoms with Gasteiger partial charge >= 0.3 is 0 Å². The van der Waals surface area contributed by atoms with Gasteiger partial charge in [0.05, 0.1) is 25.9 Å². The third-order valence-corrected chi connectivity index (χ3v) is 8.46. The highest BCUT2D eigenvalue weighted by molar-refractivity contribution is 5.94. The number of rotatable bonds is 7. The second kappa shape index (κ2) is 9.71. The number of benzene rings is 3. The fourth-order valence-corrected chi connectivity index (χ4v) is 6.66. The van der Waals surface area contributed by atoms with E-state index in [-0.39, 0.29) is 24.9 Å². The molecule has 1 N–H and O–H groups in total. The van der Waals surface area contributed by atoms with Crippen LogP contribution in [0.1, 0.15) is 36.9 Å². The van der Waals surface area contributed by atoms with Gasteiger partial charge in [0.2, 0.25) is 5.91 Å². The number of ether oxygens (including phenoxy) is 1. The van der Waals surface area contributed by atoms with Crippen molar-refractivity contribution in [2.75, 3.05) is 44.4 Å². The van der Waals surface area contributed by atoms with Gasteiger partial charge in [0.1, 0.15) is 11.4 Å². The van der Waals surface area contributed by atoms with E-state index in [1.165, 1.54) is 34.0 Å². The first-order valence-electron chi connectivity index (χ1n) is 13.3. The first-order chi connectivity index (χ1) is 18.0. The third-order valence-electron chi connectivity index (χ3n) is 8.46. The molecule has 3 aromatic carbocycles. The molecule has 2 saturated heterocycles. The number of hydrogen-bond acceptors (Lipinski definition) is 5. The minimum atomic E-state index is -0.744. The summed E-state index contributed by atoms with van der Waals surface area (Å²) >= 11 is 0. The molecule has 2 atom stereocenters. The summed E-state index contributed by atoms with van der Waals surface area (Å²) in [4.78, 5) is 20.3. The molecule has 194 valence electrons. The highest BCUT2D eigenvalue weighted by Gasteiger charge is 2.54. The molecule has 0 saturated carbocycles. The van der Waals surface area contributed by atoms with E-state index in [1.807, 2.05) is 6.92 Å². The van der Waals surface area contributed by atoms with E-state index in [0.29, 0.717) is 32.2 Å². The first kappa shape index (κ1) is 24.3.